The van der Waals surface area contributed by atoms with Gasteiger partial charge in [0.15, 0.2) is 6.61 Å². The van der Waals surface area contributed by atoms with Crippen molar-refractivity contribution in [2.24, 2.45) is 0 Å². The van der Waals surface area contributed by atoms with Gasteiger partial charge in [-0.05, 0) is 43.9 Å². The van der Waals surface area contributed by atoms with Gasteiger partial charge < -0.3 is 14.8 Å². The third-order valence-corrected chi connectivity index (χ3v) is 5.41. The number of nitrogens with one attached hydrogen (secondary N) is 1. The summed E-state index contributed by atoms with van der Waals surface area (Å²) in [5.74, 6) is -1.12. The van der Waals surface area contributed by atoms with E-state index in [0.29, 0.717) is 10.6 Å². The molecule has 1 aliphatic rings. The van der Waals surface area contributed by atoms with Gasteiger partial charge >= 0.3 is 5.97 Å². The van der Waals surface area contributed by atoms with Crippen LogP contribution in [0, 0.1) is 5.82 Å². The molecule has 0 unspecified atom stereocenters. The van der Waals surface area contributed by atoms with Gasteiger partial charge in [0.05, 0.1) is 17.2 Å². The Labute approximate surface area is 159 Å². The molecule has 0 saturated heterocycles. The third kappa shape index (κ3) is 3.99. The molecular formula is C18H17ClFNO4S. The summed E-state index contributed by atoms with van der Waals surface area (Å²) in [6.07, 6.45) is 2.70. The Morgan fingerprint density at radius 2 is 2.15 bits per heavy atom. The van der Waals surface area contributed by atoms with Crippen LogP contribution in [0.3, 0.4) is 0 Å². The highest BCUT2D eigenvalue weighted by Crippen LogP contribution is 2.39. The van der Waals surface area contributed by atoms with Crippen LogP contribution in [-0.2, 0) is 22.4 Å². The fourth-order valence-electron chi connectivity index (χ4n) is 2.79. The van der Waals surface area contributed by atoms with E-state index >= 15 is 0 Å². The molecule has 1 aliphatic carbocycles. The van der Waals surface area contributed by atoms with E-state index in [2.05, 4.69) is 5.32 Å². The van der Waals surface area contributed by atoms with Gasteiger partial charge in [-0.1, -0.05) is 11.6 Å². The largest absolute Gasteiger partial charge is 0.484 e. The number of aryl methyl sites for hydroxylation is 1. The number of anilines is 1. The number of esters is 1. The van der Waals surface area contributed by atoms with Crippen LogP contribution in [0.4, 0.5) is 9.39 Å². The topological polar surface area (TPSA) is 64.6 Å². The summed E-state index contributed by atoms with van der Waals surface area (Å²) in [4.78, 5) is 25.6. The van der Waals surface area contributed by atoms with Crippen molar-refractivity contribution in [2.45, 2.75) is 26.2 Å². The highest BCUT2D eigenvalue weighted by molar-refractivity contribution is 7.17. The van der Waals surface area contributed by atoms with E-state index in [1.54, 1.807) is 6.92 Å². The average molecular weight is 398 g/mol. The molecule has 1 aromatic heterocycles. The molecule has 0 spiro atoms. The summed E-state index contributed by atoms with van der Waals surface area (Å²) in [6, 6.07) is 3.85. The van der Waals surface area contributed by atoms with E-state index in [4.69, 9.17) is 21.1 Å². The summed E-state index contributed by atoms with van der Waals surface area (Å²) in [6.45, 7) is 1.72. The predicted octanol–water partition coefficient (Wildman–Crippen LogP) is 4.22. The fourth-order valence-corrected chi connectivity index (χ4v) is 4.25. The highest BCUT2D eigenvalue weighted by atomic mass is 35.5. The summed E-state index contributed by atoms with van der Waals surface area (Å²) in [5.41, 5.74) is 1.41. The van der Waals surface area contributed by atoms with Crippen LogP contribution in [0.25, 0.3) is 0 Å². The molecule has 0 radical (unpaired) electrons. The van der Waals surface area contributed by atoms with Gasteiger partial charge in [0.25, 0.3) is 5.91 Å². The maximum atomic E-state index is 13.1. The number of amides is 1. The van der Waals surface area contributed by atoms with Gasteiger partial charge in [0.2, 0.25) is 0 Å². The standard InChI is InChI=1S/C18H17ClFNO4S/c1-2-24-18(23)16-11-4-3-5-14(11)26-17(16)21-15(22)9-25-10-6-7-13(20)12(19)8-10/h6-8H,2-5,9H2,1H3,(H,21,22). The minimum atomic E-state index is -0.560. The van der Waals surface area contributed by atoms with Gasteiger partial charge in [-0.2, -0.15) is 0 Å². The van der Waals surface area contributed by atoms with Crippen LogP contribution in [0.1, 0.15) is 34.1 Å². The minimum Gasteiger partial charge on any atom is -0.484 e. The van der Waals surface area contributed by atoms with Crippen molar-refractivity contribution in [2.75, 3.05) is 18.5 Å². The number of rotatable bonds is 6. The van der Waals surface area contributed by atoms with Crippen molar-refractivity contribution in [1.82, 2.24) is 0 Å². The maximum absolute atomic E-state index is 13.1. The SMILES string of the molecule is CCOC(=O)c1c(NC(=O)COc2ccc(F)c(Cl)c2)sc2c1CCC2. The monoisotopic (exact) mass is 397 g/mol. The molecule has 1 heterocycles. The van der Waals surface area contributed by atoms with Gasteiger partial charge in [0, 0.05) is 10.9 Å². The first-order valence-electron chi connectivity index (χ1n) is 8.19. The number of fused-ring (bicyclic) bond motifs is 1. The first kappa shape index (κ1) is 18.7. The molecule has 26 heavy (non-hydrogen) atoms. The molecule has 1 amide bonds. The van der Waals surface area contributed by atoms with E-state index in [0.717, 1.165) is 35.8 Å². The Morgan fingerprint density at radius 3 is 2.88 bits per heavy atom. The zero-order chi connectivity index (χ0) is 18.7. The lowest BCUT2D eigenvalue weighted by Gasteiger charge is -2.09. The second-order valence-electron chi connectivity index (χ2n) is 5.69. The summed E-state index contributed by atoms with van der Waals surface area (Å²) >= 11 is 7.08. The molecule has 0 atom stereocenters. The molecule has 8 heteroatoms. The lowest BCUT2D eigenvalue weighted by atomic mass is 10.1. The number of thiophene rings is 1. The van der Waals surface area contributed by atoms with Crippen LogP contribution >= 0.6 is 22.9 Å². The molecule has 0 fully saturated rings. The molecule has 0 aliphatic heterocycles. The lowest BCUT2D eigenvalue weighted by molar-refractivity contribution is -0.118. The van der Waals surface area contributed by atoms with Crippen molar-refractivity contribution in [1.29, 1.82) is 0 Å². The molecule has 0 saturated carbocycles. The number of hydrogen-bond donors (Lipinski definition) is 1. The number of carbonyl (C=O) groups excluding carboxylic acids is 2. The van der Waals surface area contributed by atoms with Crippen molar-refractivity contribution in [3.05, 3.63) is 45.0 Å². The summed E-state index contributed by atoms with van der Waals surface area (Å²) in [5, 5.41) is 3.13. The molecule has 0 bridgehead atoms. The summed E-state index contributed by atoms with van der Waals surface area (Å²) in [7, 11) is 0. The second-order valence-corrected chi connectivity index (χ2v) is 7.21. The zero-order valence-corrected chi connectivity index (χ0v) is 15.6. The third-order valence-electron chi connectivity index (χ3n) is 3.91. The Kier molecular flexibility index (Phi) is 5.78. The molecule has 2 aromatic rings. The van der Waals surface area contributed by atoms with E-state index in [-0.39, 0.29) is 24.0 Å². The second kappa shape index (κ2) is 8.05. The number of ether oxygens (including phenoxy) is 2. The Hall–Kier alpha value is -2.12. The Balaban J connectivity index is 1.69. The number of halogens is 2. The van der Waals surface area contributed by atoms with Crippen molar-refractivity contribution in [3.8, 4) is 5.75 Å². The molecule has 1 aromatic carbocycles. The predicted molar refractivity (Wildman–Crippen MR) is 97.8 cm³/mol. The average Bonchev–Trinajstić information content (AvgIpc) is 3.16. The molecular weight excluding hydrogens is 381 g/mol. The zero-order valence-electron chi connectivity index (χ0n) is 14.1. The van der Waals surface area contributed by atoms with Crippen molar-refractivity contribution >= 4 is 39.8 Å². The summed E-state index contributed by atoms with van der Waals surface area (Å²) < 4.78 is 23.6. The molecule has 1 N–H and O–H groups in total. The first-order valence-corrected chi connectivity index (χ1v) is 9.38. The maximum Gasteiger partial charge on any atom is 0.341 e. The van der Waals surface area contributed by atoms with E-state index < -0.39 is 17.7 Å². The highest BCUT2D eigenvalue weighted by Gasteiger charge is 2.28. The molecule has 5 nitrogen and oxygen atoms in total. The lowest BCUT2D eigenvalue weighted by Crippen LogP contribution is -2.21. The van der Waals surface area contributed by atoms with Gasteiger partial charge in [-0.25, -0.2) is 9.18 Å². The van der Waals surface area contributed by atoms with Crippen LogP contribution < -0.4 is 10.1 Å². The van der Waals surface area contributed by atoms with Crippen LogP contribution in [0.15, 0.2) is 18.2 Å². The van der Waals surface area contributed by atoms with Crippen LogP contribution in [0.5, 0.6) is 5.75 Å². The quantitative estimate of drug-likeness (QED) is 0.741. The number of carbonyl (C=O) groups is 2. The van der Waals surface area contributed by atoms with E-state index in [1.807, 2.05) is 0 Å². The fraction of sp³-hybridized carbons (Fsp3) is 0.333. The van der Waals surface area contributed by atoms with E-state index in [1.165, 1.54) is 23.5 Å². The van der Waals surface area contributed by atoms with Gasteiger partial charge in [0.1, 0.15) is 16.6 Å². The van der Waals surface area contributed by atoms with Crippen molar-refractivity contribution in [3.63, 3.8) is 0 Å². The Bertz CT molecular complexity index is 852. The molecule has 138 valence electrons. The number of hydrogen-bond acceptors (Lipinski definition) is 5. The smallest absolute Gasteiger partial charge is 0.341 e. The van der Waals surface area contributed by atoms with Crippen molar-refractivity contribution < 1.29 is 23.5 Å². The normalized spacial score (nSPS) is 12.6. The number of benzene rings is 1. The Morgan fingerprint density at radius 1 is 1.35 bits per heavy atom. The molecule has 3 rings (SSSR count). The van der Waals surface area contributed by atoms with Crippen LogP contribution in [-0.4, -0.2) is 25.1 Å². The minimum absolute atomic E-state index is 0.0813. The van der Waals surface area contributed by atoms with Gasteiger partial charge in [-0.3, -0.25) is 4.79 Å². The van der Waals surface area contributed by atoms with Crippen LogP contribution in [0.2, 0.25) is 5.02 Å². The van der Waals surface area contributed by atoms with E-state index in [9.17, 15) is 14.0 Å². The first-order chi connectivity index (χ1) is 12.5. The van der Waals surface area contributed by atoms with Gasteiger partial charge in [-0.15, -0.1) is 11.3 Å².